The van der Waals surface area contributed by atoms with E-state index >= 15 is 0 Å². The molecule has 0 aliphatic carbocycles. The van der Waals surface area contributed by atoms with Gasteiger partial charge >= 0.3 is 5.97 Å². The summed E-state index contributed by atoms with van der Waals surface area (Å²) in [6.07, 6.45) is 0.199. The fraction of sp³-hybridized carbons (Fsp3) is 0.533. The molecule has 0 saturated heterocycles. The van der Waals surface area contributed by atoms with E-state index in [9.17, 15) is 4.79 Å². The van der Waals surface area contributed by atoms with Crippen LogP contribution in [0.5, 0.6) is 11.5 Å². The molecule has 2 N–H and O–H groups in total. The zero-order chi connectivity index (χ0) is 15.1. The summed E-state index contributed by atoms with van der Waals surface area (Å²) >= 11 is 0. The number of benzene rings is 1. The summed E-state index contributed by atoms with van der Waals surface area (Å²) in [5.41, 5.74) is 6.82. The SMILES string of the molecule is CCOC(=O)C[C@@H](N)c1ccc(OC(C)C)c(OC)c1. The molecule has 1 atom stereocenters. The second-order valence-corrected chi connectivity index (χ2v) is 4.69. The lowest BCUT2D eigenvalue weighted by Crippen LogP contribution is -2.17. The number of methoxy groups -OCH3 is 1. The van der Waals surface area contributed by atoms with Crippen LogP contribution in [0.4, 0.5) is 0 Å². The van der Waals surface area contributed by atoms with Gasteiger partial charge in [-0.3, -0.25) is 4.79 Å². The van der Waals surface area contributed by atoms with Crippen LogP contribution < -0.4 is 15.2 Å². The van der Waals surface area contributed by atoms with Gasteiger partial charge in [0, 0.05) is 6.04 Å². The monoisotopic (exact) mass is 281 g/mol. The Morgan fingerprint density at radius 2 is 2.00 bits per heavy atom. The summed E-state index contributed by atoms with van der Waals surface area (Å²) in [5.74, 6) is 0.964. The van der Waals surface area contributed by atoms with Crippen LogP contribution in [-0.4, -0.2) is 25.8 Å². The molecule has 0 saturated carbocycles. The Labute approximate surface area is 120 Å². The van der Waals surface area contributed by atoms with E-state index in [0.29, 0.717) is 18.1 Å². The van der Waals surface area contributed by atoms with Gasteiger partial charge in [-0.25, -0.2) is 0 Å². The van der Waals surface area contributed by atoms with E-state index < -0.39 is 6.04 Å². The Bertz CT molecular complexity index is 445. The molecule has 1 aromatic carbocycles. The molecular weight excluding hydrogens is 258 g/mol. The Morgan fingerprint density at radius 3 is 2.55 bits per heavy atom. The highest BCUT2D eigenvalue weighted by atomic mass is 16.5. The van der Waals surface area contributed by atoms with Gasteiger partial charge in [-0.1, -0.05) is 6.07 Å². The lowest BCUT2D eigenvalue weighted by Gasteiger charge is -2.17. The molecule has 1 rings (SSSR count). The molecule has 0 radical (unpaired) electrons. The number of rotatable bonds is 7. The summed E-state index contributed by atoms with van der Waals surface area (Å²) < 4.78 is 15.8. The first-order valence-electron chi connectivity index (χ1n) is 6.73. The van der Waals surface area contributed by atoms with Gasteiger partial charge < -0.3 is 19.9 Å². The summed E-state index contributed by atoms with van der Waals surface area (Å²) in [4.78, 5) is 11.4. The predicted octanol–water partition coefficient (Wildman–Crippen LogP) is 2.44. The van der Waals surface area contributed by atoms with Gasteiger partial charge in [0.05, 0.1) is 26.2 Å². The average molecular weight is 281 g/mol. The number of carbonyl (C=O) groups is 1. The Hall–Kier alpha value is -1.75. The molecular formula is C15H23NO4. The Balaban J connectivity index is 2.83. The number of ether oxygens (including phenoxy) is 3. The number of hydrogen-bond acceptors (Lipinski definition) is 5. The number of nitrogens with two attached hydrogens (primary N) is 1. The van der Waals surface area contributed by atoms with Crippen LogP contribution >= 0.6 is 0 Å². The van der Waals surface area contributed by atoms with E-state index in [1.165, 1.54) is 0 Å². The third-order valence-corrected chi connectivity index (χ3v) is 2.67. The molecule has 0 bridgehead atoms. The molecule has 0 aliphatic heterocycles. The predicted molar refractivity (Wildman–Crippen MR) is 76.9 cm³/mol. The van der Waals surface area contributed by atoms with Crippen molar-refractivity contribution in [2.45, 2.75) is 39.3 Å². The zero-order valence-corrected chi connectivity index (χ0v) is 12.5. The second kappa shape index (κ2) is 7.75. The first kappa shape index (κ1) is 16.3. The highest BCUT2D eigenvalue weighted by Gasteiger charge is 2.15. The van der Waals surface area contributed by atoms with Crippen molar-refractivity contribution in [2.75, 3.05) is 13.7 Å². The summed E-state index contributed by atoms with van der Waals surface area (Å²) in [6.45, 7) is 6.01. The van der Waals surface area contributed by atoms with Crippen molar-refractivity contribution in [1.29, 1.82) is 0 Å². The third kappa shape index (κ3) is 4.74. The van der Waals surface area contributed by atoms with Crippen LogP contribution in [0.15, 0.2) is 18.2 Å². The summed E-state index contributed by atoms with van der Waals surface area (Å²) in [6, 6.07) is 5.02. The normalized spacial score (nSPS) is 12.1. The standard InChI is InChI=1S/C15H23NO4/c1-5-19-15(17)9-12(16)11-6-7-13(20-10(2)3)14(8-11)18-4/h6-8,10,12H,5,9,16H2,1-4H3/t12-/m1/s1. The molecule has 112 valence electrons. The van der Waals surface area contributed by atoms with Crippen molar-refractivity contribution < 1.29 is 19.0 Å². The van der Waals surface area contributed by atoms with Crippen LogP contribution in [-0.2, 0) is 9.53 Å². The van der Waals surface area contributed by atoms with Crippen molar-refractivity contribution in [3.05, 3.63) is 23.8 Å². The maximum absolute atomic E-state index is 11.4. The molecule has 0 unspecified atom stereocenters. The fourth-order valence-corrected chi connectivity index (χ4v) is 1.78. The molecule has 0 fully saturated rings. The third-order valence-electron chi connectivity index (χ3n) is 2.67. The maximum Gasteiger partial charge on any atom is 0.307 e. The minimum atomic E-state index is -0.420. The molecule has 20 heavy (non-hydrogen) atoms. The van der Waals surface area contributed by atoms with E-state index in [1.807, 2.05) is 19.9 Å². The van der Waals surface area contributed by atoms with Crippen molar-refractivity contribution in [1.82, 2.24) is 0 Å². The molecule has 0 aromatic heterocycles. The molecule has 1 aromatic rings. The topological polar surface area (TPSA) is 70.8 Å². The average Bonchev–Trinajstić information content (AvgIpc) is 2.38. The molecule has 0 amide bonds. The zero-order valence-electron chi connectivity index (χ0n) is 12.5. The maximum atomic E-state index is 11.4. The van der Waals surface area contributed by atoms with E-state index in [2.05, 4.69) is 0 Å². The summed E-state index contributed by atoms with van der Waals surface area (Å²) in [7, 11) is 1.57. The van der Waals surface area contributed by atoms with Crippen LogP contribution in [0, 0.1) is 0 Å². The molecule has 5 heteroatoms. The van der Waals surface area contributed by atoms with E-state index in [1.54, 1.807) is 26.2 Å². The van der Waals surface area contributed by atoms with Gasteiger partial charge in [-0.2, -0.15) is 0 Å². The van der Waals surface area contributed by atoms with Crippen LogP contribution in [0.25, 0.3) is 0 Å². The molecule has 0 heterocycles. The van der Waals surface area contributed by atoms with Crippen LogP contribution in [0.2, 0.25) is 0 Å². The molecule has 0 aliphatic rings. The lowest BCUT2D eigenvalue weighted by atomic mass is 10.0. The Kier molecular flexibility index (Phi) is 6.31. The van der Waals surface area contributed by atoms with Crippen molar-refractivity contribution in [2.24, 2.45) is 5.73 Å². The first-order chi connectivity index (χ1) is 9.47. The minimum absolute atomic E-state index is 0.0583. The second-order valence-electron chi connectivity index (χ2n) is 4.69. The van der Waals surface area contributed by atoms with E-state index in [-0.39, 0.29) is 18.5 Å². The highest BCUT2D eigenvalue weighted by Crippen LogP contribution is 2.31. The largest absolute Gasteiger partial charge is 0.493 e. The van der Waals surface area contributed by atoms with Gasteiger partial charge in [0.1, 0.15) is 0 Å². The van der Waals surface area contributed by atoms with Gasteiger partial charge in [0.2, 0.25) is 0 Å². The lowest BCUT2D eigenvalue weighted by molar-refractivity contribution is -0.143. The number of hydrogen-bond donors (Lipinski definition) is 1. The number of esters is 1. The minimum Gasteiger partial charge on any atom is -0.493 e. The molecule has 5 nitrogen and oxygen atoms in total. The molecule has 0 spiro atoms. The fourth-order valence-electron chi connectivity index (χ4n) is 1.78. The van der Waals surface area contributed by atoms with E-state index in [4.69, 9.17) is 19.9 Å². The van der Waals surface area contributed by atoms with Gasteiger partial charge in [0.15, 0.2) is 11.5 Å². The highest BCUT2D eigenvalue weighted by molar-refractivity contribution is 5.70. The van der Waals surface area contributed by atoms with Crippen molar-refractivity contribution in [3.8, 4) is 11.5 Å². The van der Waals surface area contributed by atoms with Gasteiger partial charge in [-0.15, -0.1) is 0 Å². The van der Waals surface area contributed by atoms with Gasteiger partial charge in [0.25, 0.3) is 0 Å². The first-order valence-corrected chi connectivity index (χ1v) is 6.73. The summed E-state index contributed by atoms with van der Waals surface area (Å²) in [5, 5.41) is 0. The van der Waals surface area contributed by atoms with Crippen molar-refractivity contribution in [3.63, 3.8) is 0 Å². The van der Waals surface area contributed by atoms with Crippen LogP contribution in [0.3, 0.4) is 0 Å². The quantitative estimate of drug-likeness (QED) is 0.777. The van der Waals surface area contributed by atoms with Crippen molar-refractivity contribution >= 4 is 5.97 Å². The smallest absolute Gasteiger partial charge is 0.307 e. The van der Waals surface area contributed by atoms with Crippen LogP contribution in [0.1, 0.15) is 38.8 Å². The van der Waals surface area contributed by atoms with E-state index in [0.717, 1.165) is 5.56 Å². The van der Waals surface area contributed by atoms with Gasteiger partial charge in [-0.05, 0) is 38.5 Å². The Morgan fingerprint density at radius 1 is 1.30 bits per heavy atom. The number of carbonyl (C=O) groups excluding carboxylic acids is 1.